The fraction of sp³-hybridized carbons (Fsp3) is 0.125. The van der Waals surface area contributed by atoms with E-state index in [4.69, 9.17) is 0 Å². The van der Waals surface area contributed by atoms with E-state index in [2.05, 4.69) is 4.99 Å². The van der Waals surface area contributed by atoms with Crippen LogP contribution < -0.4 is 0 Å². The first-order valence-corrected chi connectivity index (χ1v) is 3.99. The standard InChI is InChI=1S/C8H9NS/c1-2-5-9-7-8-4-3-6-10-8/h2-7H,1H3. The van der Waals surface area contributed by atoms with Gasteiger partial charge in [-0.2, -0.15) is 0 Å². The quantitative estimate of drug-likeness (QED) is 0.576. The molecule has 2 heteroatoms. The first-order valence-electron chi connectivity index (χ1n) is 3.11. The molecule has 0 radical (unpaired) electrons. The highest BCUT2D eigenvalue weighted by molar-refractivity contribution is 7.11. The lowest BCUT2D eigenvalue weighted by atomic mass is 10.5. The van der Waals surface area contributed by atoms with Crippen LogP contribution in [-0.4, -0.2) is 6.21 Å². The number of nitrogens with zero attached hydrogens (tertiary/aromatic N) is 1. The molecule has 0 aliphatic rings. The second-order valence-electron chi connectivity index (χ2n) is 1.78. The minimum absolute atomic E-state index is 1.19. The molecule has 0 N–H and O–H groups in total. The third-order valence-electron chi connectivity index (χ3n) is 0.980. The molecule has 0 atom stereocenters. The average molecular weight is 151 g/mol. The molecular formula is C8H9NS. The van der Waals surface area contributed by atoms with Crippen molar-refractivity contribution in [3.8, 4) is 0 Å². The third-order valence-corrected chi connectivity index (χ3v) is 1.79. The summed E-state index contributed by atoms with van der Waals surface area (Å²) in [5.41, 5.74) is 0. The van der Waals surface area contributed by atoms with Crippen molar-refractivity contribution in [1.82, 2.24) is 0 Å². The first-order chi connectivity index (χ1) is 4.93. The van der Waals surface area contributed by atoms with Crippen molar-refractivity contribution < 1.29 is 0 Å². The Morgan fingerprint density at radius 1 is 1.60 bits per heavy atom. The molecule has 0 saturated carbocycles. The molecule has 1 aromatic rings. The van der Waals surface area contributed by atoms with E-state index in [1.165, 1.54) is 4.88 Å². The molecular weight excluding hydrogens is 142 g/mol. The van der Waals surface area contributed by atoms with E-state index in [1.54, 1.807) is 17.5 Å². The van der Waals surface area contributed by atoms with Crippen LogP contribution in [0, 0.1) is 0 Å². The molecule has 52 valence electrons. The minimum Gasteiger partial charge on any atom is -0.264 e. The summed E-state index contributed by atoms with van der Waals surface area (Å²) in [4.78, 5) is 5.23. The Hall–Kier alpha value is -0.890. The van der Waals surface area contributed by atoms with E-state index in [0.717, 1.165) is 0 Å². The van der Waals surface area contributed by atoms with Crippen LogP contribution in [0.5, 0.6) is 0 Å². The monoisotopic (exact) mass is 151 g/mol. The number of thiophene rings is 1. The zero-order chi connectivity index (χ0) is 7.23. The fourth-order valence-electron chi connectivity index (χ4n) is 0.567. The van der Waals surface area contributed by atoms with Crippen LogP contribution >= 0.6 is 11.3 Å². The second kappa shape index (κ2) is 4.01. The first kappa shape index (κ1) is 7.22. The number of aliphatic imine (C=N–C) groups is 1. The van der Waals surface area contributed by atoms with Crippen LogP contribution in [0.2, 0.25) is 0 Å². The molecule has 0 fully saturated rings. The van der Waals surface area contributed by atoms with Gasteiger partial charge in [-0.05, 0) is 18.4 Å². The van der Waals surface area contributed by atoms with Crippen molar-refractivity contribution in [2.24, 2.45) is 4.99 Å². The van der Waals surface area contributed by atoms with Crippen molar-refractivity contribution in [1.29, 1.82) is 0 Å². The van der Waals surface area contributed by atoms with Crippen LogP contribution in [0.15, 0.2) is 34.8 Å². The van der Waals surface area contributed by atoms with E-state index in [1.807, 2.05) is 36.7 Å². The lowest BCUT2D eigenvalue weighted by Gasteiger charge is -1.77. The Bertz CT molecular complexity index is 221. The lowest BCUT2D eigenvalue weighted by Crippen LogP contribution is -1.67. The van der Waals surface area contributed by atoms with Gasteiger partial charge in [0, 0.05) is 17.3 Å². The second-order valence-corrected chi connectivity index (χ2v) is 2.76. The van der Waals surface area contributed by atoms with Crippen LogP contribution in [0.25, 0.3) is 0 Å². The van der Waals surface area contributed by atoms with Gasteiger partial charge < -0.3 is 0 Å². The molecule has 0 saturated heterocycles. The molecule has 1 nitrogen and oxygen atoms in total. The Kier molecular flexibility index (Phi) is 2.90. The maximum Gasteiger partial charge on any atom is 0.0453 e. The largest absolute Gasteiger partial charge is 0.264 e. The van der Waals surface area contributed by atoms with Crippen molar-refractivity contribution in [3.63, 3.8) is 0 Å². The minimum atomic E-state index is 1.19. The van der Waals surface area contributed by atoms with Gasteiger partial charge in [-0.25, -0.2) is 0 Å². The molecule has 1 heterocycles. The molecule has 0 amide bonds. The molecule has 0 spiro atoms. The SMILES string of the molecule is CC=CN=Cc1cccs1. The highest BCUT2D eigenvalue weighted by Crippen LogP contribution is 2.04. The smallest absolute Gasteiger partial charge is 0.0453 e. The summed E-state index contributed by atoms with van der Waals surface area (Å²) >= 11 is 1.69. The Labute approximate surface area is 64.7 Å². The average Bonchev–Trinajstić information content (AvgIpc) is 2.41. The van der Waals surface area contributed by atoms with Crippen molar-refractivity contribution in [2.75, 3.05) is 0 Å². The molecule has 0 unspecified atom stereocenters. The summed E-state index contributed by atoms with van der Waals surface area (Å²) in [5, 5.41) is 2.04. The van der Waals surface area contributed by atoms with Gasteiger partial charge in [-0.3, -0.25) is 4.99 Å². The molecule has 0 aromatic carbocycles. The third kappa shape index (κ3) is 2.15. The van der Waals surface area contributed by atoms with Gasteiger partial charge in [0.05, 0.1) is 0 Å². The van der Waals surface area contributed by atoms with E-state index >= 15 is 0 Å². The van der Waals surface area contributed by atoms with Crippen molar-refractivity contribution in [3.05, 3.63) is 34.7 Å². The predicted molar refractivity (Wildman–Crippen MR) is 46.7 cm³/mol. The van der Waals surface area contributed by atoms with E-state index in [-0.39, 0.29) is 0 Å². The van der Waals surface area contributed by atoms with E-state index < -0.39 is 0 Å². The number of hydrogen-bond acceptors (Lipinski definition) is 2. The maximum absolute atomic E-state index is 4.04. The number of hydrogen-bond donors (Lipinski definition) is 0. The predicted octanol–water partition coefficient (Wildman–Crippen LogP) is 2.70. The van der Waals surface area contributed by atoms with Crippen LogP contribution in [0.1, 0.15) is 11.8 Å². The van der Waals surface area contributed by atoms with Gasteiger partial charge in [0.1, 0.15) is 0 Å². The molecule has 1 rings (SSSR count). The zero-order valence-corrected chi connectivity index (χ0v) is 6.64. The summed E-state index contributed by atoms with van der Waals surface area (Å²) in [6.45, 7) is 1.95. The molecule has 0 bridgehead atoms. The number of rotatable bonds is 2. The van der Waals surface area contributed by atoms with Gasteiger partial charge >= 0.3 is 0 Å². The normalized spacial score (nSPS) is 11.7. The van der Waals surface area contributed by atoms with Crippen LogP contribution in [-0.2, 0) is 0 Å². The van der Waals surface area contributed by atoms with Gasteiger partial charge in [0.2, 0.25) is 0 Å². The lowest BCUT2D eigenvalue weighted by molar-refractivity contribution is 1.55. The molecule has 1 aromatic heterocycles. The van der Waals surface area contributed by atoms with Crippen molar-refractivity contribution >= 4 is 17.6 Å². The van der Waals surface area contributed by atoms with Gasteiger partial charge in [-0.1, -0.05) is 12.1 Å². The number of allylic oxidation sites excluding steroid dienone is 1. The summed E-state index contributed by atoms with van der Waals surface area (Å²) in [6.07, 6.45) is 5.54. The van der Waals surface area contributed by atoms with Crippen molar-refractivity contribution in [2.45, 2.75) is 6.92 Å². The molecule has 0 aliphatic carbocycles. The van der Waals surface area contributed by atoms with Gasteiger partial charge in [0.25, 0.3) is 0 Å². The summed E-state index contributed by atoms with van der Waals surface area (Å²) in [5.74, 6) is 0. The summed E-state index contributed by atoms with van der Waals surface area (Å²) in [7, 11) is 0. The Morgan fingerprint density at radius 2 is 2.50 bits per heavy atom. The van der Waals surface area contributed by atoms with E-state index in [0.29, 0.717) is 0 Å². The van der Waals surface area contributed by atoms with Gasteiger partial charge in [-0.15, -0.1) is 11.3 Å². The molecule has 0 aliphatic heterocycles. The topological polar surface area (TPSA) is 12.4 Å². The Morgan fingerprint density at radius 3 is 3.10 bits per heavy atom. The van der Waals surface area contributed by atoms with Crippen LogP contribution in [0.4, 0.5) is 0 Å². The van der Waals surface area contributed by atoms with Crippen LogP contribution in [0.3, 0.4) is 0 Å². The van der Waals surface area contributed by atoms with E-state index in [9.17, 15) is 0 Å². The fourth-order valence-corrected chi connectivity index (χ4v) is 1.16. The zero-order valence-electron chi connectivity index (χ0n) is 5.82. The Balaban J connectivity index is 2.55. The molecule has 10 heavy (non-hydrogen) atoms. The highest BCUT2D eigenvalue weighted by Gasteiger charge is 1.82. The maximum atomic E-state index is 4.04. The summed E-state index contributed by atoms with van der Waals surface area (Å²) < 4.78 is 0. The summed E-state index contributed by atoms with van der Waals surface area (Å²) in [6, 6.07) is 4.05. The van der Waals surface area contributed by atoms with Gasteiger partial charge in [0.15, 0.2) is 0 Å². The highest BCUT2D eigenvalue weighted by atomic mass is 32.1.